The van der Waals surface area contributed by atoms with Crippen LogP contribution < -0.4 is 9.47 Å². The standard InChI is InChI=1S/C26H32O2/c1-25(2,3)21-13-17-9-11-19-15-22(26(4,5)6)16-20(24(19)28-8)12-10-18(14-21)23(17)27-7/h9-16H,1-8H3. The van der Waals surface area contributed by atoms with Crippen LogP contribution in [0.5, 0.6) is 11.5 Å². The van der Waals surface area contributed by atoms with Gasteiger partial charge in [0.05, 0.1) is 14.2 Å². The summed E-state index contributed by atoms with van der Waals surface area (Å²) in [6, 6.07) is 17.5. The van der Waals surface area contributed by atoms with Gasteiger partial charge in [-0.15, -0.1) is 0 Å². The molecule has 0 aliphatic rings. The van der Waals surface area contributed by atoms with Gasteiger partial charge in [-0.2, -0.15) is 0 Å². The van der Waals surface area contributed by atoms with Gasteiger partial charge in [0.25, 0.3) is 0 Å². The quantitative estimate of drug-likeness (QED) is 0.472. The molecule has 3 rings (SSSR count). The van der Waals surface area contributed by atoms with Crippen molar-refractivity contribution in [1.82, 2.24) is 0 Å². The molecule has 0 spiro atoms. The average Bonchev–Trinajstić information content (AvgIpc) is 2.61. The Kier molecular flexibility index (Phi) is 5.18. The lowest BCUT2D eigenvalue weighted by atomic mass is 9.85. The second-order valence-corrected chi connectivity index (χ2v) is 9.54. The maximum atomic E-state index is 5.78. The topological polar surface area (TPSA) is 18.5 Å². The summed E-state index contributed by atoms with van der Waals surface area (Å²) in [6.07, 6.45) is 0. The number of methoxy groups -OCH3 is 2. The third-order valence-corrected chi connectivity index (χ3v) is 5.32. The predicted molar refractivity (Wildman–Crippen MR) is 121 cm³/mol. The number of rotatable bonds is 2. The van der Waals surface area contributed by atoms with Gasteiger partial charge in [-0.3, -0.25) is 0 Å². The molecule has 28 heavy (non-hydrogen) atoms. The van der Waals surface area contributed by atoms with Gasteiger partial charge in [0, 0.05) is 21.5 Å². The molecule has 0 saturated heterocycles. The Labute approximate surface area is 169 Å². The zero-order chi connectivity index (χ0) is 20.7. The van der Waals surface area contributed by atoms with Gasteiger partial charge in [-0.05, 0) is 46.2 Å². The van der Waals surface area contributed by atoms with Crippen LogP contribution in [0, 0.1) is 0 Å². The minimum Gasteiger partial charge on any atom is -0.496 e. The first-order chi connectivity index (χ1) is 13.0. The van der Waals surface area contributed by atoms with Crippen LogP contribution in [0.1, 0.15) is 52.7 Å². The fourth-order valence-corrected chi connectivity index (χ4v) is 3.54. The van der Waals surface area contributed by atoms with Crippen LogP contribution in [-0.2, 0) is 10.8 Å². The lowest BCUT2D eigenvalue weighted by Gasteiger charge is -2.21. The number of fused-ring (bicyclic) bond motifs is 4. The smallest absolute Gasteiger partial charge is 0.133 e. The molecule has 148 valence electrons. The summed E-state index contributed by atoms with van der Waals surface area (Å²) in [7, 11) is 3.48. The van der Waals surface area contributed by atoms with Crippen molar-refractivity contribution in [3.63, 3.8) is 0 Å². The number of hydrogen-bond donors (Lipinski definition) is 0. The minimum absolute atomic E-state index is 0.0625. The van der Waals surface area contributed by atoms with Gasteiger partial charge < -0.3 is 9.47 Å². The highest BCUT2D eigenvalue weighted by Gasteiger charge is 2.18. The molecule has 0 heterocycles. The first-order valence-electron chi connectivity index (χ1n) is 9.86. The van der Waals surface area contributed by atoms with Crippen LogP contribution in [0.3, 0.4) is 0 Å². The third-order valence-electron chi connectivity index (χ3n) is 5.32. The fraction of sp³-hybridized carbons (Fsp3) is 0.385. The average molecular weight is 377 g/mol. The highest BCUT2D eigenvalue weighted by molar-refractivity contribution is 5.87. The van der Waals surface area contributed by atoms with Crippen LogP contribution in [0.2, 0.25) is 0 Å². The summed E-state index contributed by atoms with van der Waals surface area (Å²) in [4.78, 5) is 0. The highest BCUT2D eigenvalue weighted by Crippen LogP contribution is 2.36. The molecule has 0 fully saturated rings. The molecular weight excluding hydrogens is 344 g/mol. The van der Waals surface area contributed by atoms with Crippen molar-refractivity contribution in [3.8, 4) is 11.5 Å². The number of benzene rings is 2. The molecule has 0 amide bonds. The molecular formula is C26H32O2. The van der Waals surface area contributed by atoms with Crippen LogP contribution in [-0.4, -0.2) is 14.2 Å². The molecule has 0 aliphatic heterocycles. The number of hydrogen-bond acceptors (Lipinski definition) is 2. The van der Waals surface area contributed by atoms with E-state index >= 15 is 0 Å². The van der Waals surface area contributed by atoms with Crippen molar-refractivity contribution in [2.45, 2.75) is 52.4 Å². The molecule has 2 heteroatoms. The first-order valence-corrected chi connectivity index (χ1v) is 9.86. The predicted octanol–water partition coefficient (Wildman–Crippen LogP) is 7.17. The molecule has 0 radical (unpaired) electrons. The van der Waals surface area contributed by atoms with Crippen LogP contribution in [0.4, 0.5) is 0 Å². The maximum absolute atomic E-state index is 5.78. The van der Waals surface area contributed by atoms with E-state index in [0.717, 1.165) is 33.0 Å². The third kappa shape index (κ3) is 3.87. The van der Waals surface area contributed by atoms with E-state index < -0.39 is 0 Å². The van der Waals surface area contributed by atoms with E-state index in [0.29, 0.717) is 0 Å². The lowest BCUT2D eigenvalue weighted by Crippen LogP contribution is -2.11. The monoisotopic (exact) mass is 376 g/mol. The zero-order valence-corrected chi connectivity index (χ0v) is 18.4. The Bertz CT molecular complexity index is 898. The SMILES string of the molecule is COc1c2ccc3cc(C(C)(C)C)cc(ccc1cc(C(C)(C)C)c2)c3OC. The molecule has 3 aromatic rings. The van der Waals surface area contributed by atoms with Crippen molar-refractivity contribution < 1.29 is 9.47 Å². The van der Waals surface area contributed by atoms with Crippen LogP contribution in [0.25, 0.3) is 21.5 Å². The molecule has 4 bridgehead atoms. The van der Waals surface area contributed by atoms with Crippen molar-refractivity contribution in [1.29, 1.82) is 0 Å². The minimum atomic E-state index is 0.0625. The molecule has 3 aromatic carbocycles. The van der Waals surface area contributed by atoms with Crippen LogP contribution in [0.15, 0.2) is 48.5 Å². The molecule has 0 N–H and O–H groups in total. The molecule has 2 nitrogen and oxygen atoms in total. The summed E-state index contributed by atoms with van der Waals surface area (Å²) in [5.74, 6) is 1.81. The Morgan fingerprint density at radius 3 is 0.929 bits per heavy atom. The summed E-state index contributed by atoms with van der Waals surface area (Å²) >= 11 is 0. The second kappa shape index (κ2) is 7.16. The first kappa shape index (κ1) is 20.3. The Morgan fingerprint density at radius 2 is 0.750 bits per heavy atom. The van der Waals surface area contributed by atoms with Gasteiger partial charge in [0.2, 0.25) is 0 Å². The van der Waals surface area contributed by atoms with Gasteiger partial charge in [-0.25, -0.2) is 0 Å². The van der Waals surface area contributed by atoms with Gasteiger partial charge in [0.1, 0.15) is 11.5 Å². The maximum Gasteiger partial charge on any atom is 0.133 e. The molecule has 0 aliphatic carbocycles. The van der Waals surface area contributed by atoms with Crippen molar-refractivity contribution in [3.05, 3.63) is 59.7 Å². The molecule has 0 unspecified atom stereocenters. The van der Waals surface area contributed by atoms with E-state index in [1.807, 2.05) is 0 Å². The van der Waals surface area contributed by atoms with Crippen molar-refractivity contribution in [2.75, 3.05) is 14.2 Å². The van der Waals surface area contributed by atoms with E-state index in [2.05, 4.69) is 90.1 Å². The Balaban J connectivity index is 2.49. The van der Waals surface area contributed by atoms with E-state index in [9.17, 15) is 0 Å². The van der Waals surface area contributed by atoms with Crippen LogP contribution >= 0.6 is 0 Å². The highest BCUT2D eigenvalue weighted by atomic mass is 16.5. The van der Waals surface area contributed by atoms with Gasteiger partial charge >= 0.3 is 0 Å². The summed E-state index contributed by atoms with van der Waals surface area (Å²) < 4.78 is 11.6. The number of ether oxygens (including phenoxy) is 2. The summed E-state index contributed by atoms with van der Waals surface area (Å²) in [5, 5.41) is 4.34. The zero-order valence-electron chi connectivity index (χ0n) is 18.4. The lowest BCUT2D eigenvalue weighted by molar-refractivity contribution is 0.423. The van der Waals surface area contributed by atoms with E-state index in [4.69, 9.17) is 9.47 Å². The Hall–Kier alpha value is -2.48. The van der Waals surface area contributed by atoms with E-state index in [1.54, 1.807) is 14.2 Å². The van der Waals surface area contributed by atoms with Crippen molar-refractivity contribution in [2.24, 2.45) is 0 Å². The normalized spacial score (nSPS) is 12.3. The Morgan fingerprint density at radius 1 is 0.500 bits per heavy atom. The summed E-state index contributed by atoms with van der Waals surface area (Å²) in [5.41, 5.74) is 2.71. The van der Waals surface area contributed by atoms with Gasteiger partial charge in [-0.1, -0.05) is 65.8 Å². The second-order valence-electron chi connectivity index (χ2n) is 9.54. The summed E-state index contributed by atoms with van der Waals surface area (Å²) in [6.45, 7) is 13.4. The van der Waals surface area contributed by atoms with Gasteiger partial charge in [0.15, 0.2) is 0 Å². The molecule has 0 aromatic heterocycles. The molecule has 0 saturated carbocycles. The van der Waals surface area contributed by atoms with E-state index in [-0.39, 0.29) is 10.8 Å². The largest absolute Gasteiger partial charge is 0.496 e. The molecule has 0 atom stereocenters. The van der Waals surface area contributed by atoms with E-state index in [1.165, 1.54) is 11.1 Å². The van der Waals surface area contributed by atoms with Crippen molar-refractivity contribution >= 4 is 21.5 Å². The fourth-order valence-electron chi connectivity index (χ4n) is 3.54.